The molecule has 1 aromatic carbocycles. The van der Waals surface area contributed by atoms with Crippen molar-refractivity contribution in [3.05, 3.63) is 52.8 Å². The lowest BCUT2D eigenvalue weighted by molar-refractivity contribution is -0.142. The highest BCUT2D eigenvalue weighted by Gasteiger charge is 2.12. The molecule has 1 N–H and O–H groups in total. The van der Waals surface area contributed by atoms with Crippen LogP contribution in [-0.4, -0.2) is 38.8 Å². The summed E-state index contributed by atoms with van der Waals surface area (Å²) >= 11 is 8.51. The molecule has 7 nitrogen and oxygen atoms in total. The van der Waals surface area contributed by atoms with Gasteiger partial charge in [-0.3, -0.25) is 14.2 Å². The fourth-order valence-corrected chi connectivity index (χ4v) is 3.91. The normalized spacial score (nSPS) is 10.6. The molecule has 0 aliphatic carbocycles. The minimum Gasteiger partial charge on any atom is -0.466 e. The predicted octanol–water partition coefficient (Wildman–Crippen LogP) is 3.82. The molecule has 146 valence electrons. The van der Waals surface area contributed by atoms with Gasteiger partial charge in [-0.1, -0.05) is 23.4 Å². The highest BCUT2D eigenvalue weighted by atomic mass is 35.5. The lowest BCUT2D eigenvalue weighted by Gasteiger charge is -2.07. The Morgan fingerprint density at radius 3 is 2.86 bits per heavy atom. The third-order valence-corrected chi connectivity index (χ3v) is 5.50. The molecule has 10 heteroatoms. The summed E-state index contributed by atoms with van der Waals surface area (Å²) in [6.07, 6.45) is 3.59. The number of rotatable bonds is 8. The topological polar surface area (TPSA) is 86.1 Å². The summed E-state index contributed by atoms with van der Waals surface area (Å²) in [6, 6.07) is 7.37. The molecule has 0 aliphatic heterocycles. The fraction of sp³-hybridized carbons (Fsp3) is 0.222. The number of benzene rings is 1. The van der Waals surface area contributed by atoms with Crippen LogP contribution in [0.1, 0.15) is 12.6 Å². The number of hydrogen-bond acceptors (Lipinski definition) is 7. The van der Waals surface area contributed by atoms with E-state index in [1.165, 1.54) is 23.1 Å². The second-order valence-corrected chi connectivity index (χ2v) is 7.76. The molecule has 0 fully saturated rings. The first-order chi connectivity index (χ1) is 13.5. The lowest BCUT2D eigenvalue weighted by atomic mass is 10.3. The zero-order valence-corrected chi connectivity index (χ0v) is 17.3. The van der Waals surface area contributed by atoms with Crippen molar-refractivity contribution in [2.75, 3.05) is 17.7 Å². The third-order valence-electron chi connectivity index (χ3n) is 3.47. The number of imidazole rings is 1. The van der Waals surface area contributed by atoms with Crippen LogP contribution in [0.2, 0.25) is 5.02 Å². The van der Waals surface area contributed by atoms with Crippen molar-refractivity contribution in [2.24, 2.45) is 0 Å². The zero-order valence-electron chi connectivity index (χ0n) is 14.9. The van der Waals surface area contributed by atoms with Gasteiger partial charge in [-0.05, 0) is 31.2 Å². The first-order valence-corrected chi connectivity index (χ1v) is 10.6. The van der Waals surface area contributed by atoms with Crippen LogP contribution in [0, 0.1) is 0 Å². The van der Waals surface area contributed by atoms with Gasteiger partial charge in [-0.25, -0.2) is 9.97 Å². The molecule has 3 aromatic rings. The molecular formula is C18H17ClN4O3S2. The van der Waals surface area contributed by atoms with Crippen LogP contribution < -0.4 is 5.32 Å². The first-order valence-electron chi connectivity index (χ1n) is 8.37. The number of aromatic nitrogens is 3. The average molecular weight is 437 g/mol. The van der Waals surface area contributed by atoms with E-state index < -0.39 is 0 Å². The maximum Gasteiger partial charge on any atom is 0.311 e. The minimum absolute atomic E-state index is 0.0908. The summed E-state index contributed by atoms with van der Waals surface area (Å²) in [5, 5.41) is 6.27. The highest BCUT2D eigenvalue weighted by molar-refractivity contribution is 7.99. The van der Waals surface area contributed by atoms with Gasteiger partial charge in [0.2, 0.25) is 5.91 Å². The summed E-state index contributed by atoms with van der Waals surface area (Å²) in [5.41, 5.74) is 1.48. The Morgan fingerprint density at radius 1 is 1.32 bits per heavy atom. The van der Waals surface area contributed by atoms with Gasteiger partial charge in [0, 0.05) is 28.5 Å². The first kappa shape index (κ1) is 20.4. The molecule has 2 heterocycles. The van der Waals surface area contributed by atoms with Crippen molar-refractivity contribution in [1.29, 1.82) is 0 Å². The number of ether oxygens (including phenoxy) is 1. The number of nitrogens with zero attached hydrogens (tertiary/aromatic N) is 3. The van der Waals surface area contributed by atoms with Gasteiger partial charge in [0.25, 0.3) is 0 Å². The van der Waals surface area contributed by atoms with Crippen molar-refractivity contribution in [3.8, 4) is 5.69 Å². The average Bonchev–Trinajstić information content (AvgIpc) is 3.30. The van der Waals surface area contributed by atoms with E-state index in [1.807, 2.05) is 22.9 Å². The molecule has 3 rings (SSSR count). The number of hydrogen-bond donors (Lipinski definition) is 1. The Bertz CT molecular complexity index is 956. The Hall–Kier alpha value is -2.36. The number of carbonyl (C=O) groups excluding carboxylic acids is 2. The minimum atomic E-state index is -0.338. The van der Waals surface area contributed by atoms with Crippen molar-refractivity contribution in [3.63, 3.8) is 0 Å². The van der Waals surface area contributed by atoms with Crippen molar-refractivity contribution >= 4 is 51.7 Å². The van der Waals surface area contributed by atoms with Gasteiger partial charge >= 0.3 is 5.97 Å². The lowest BCUT2D eigenvalue weighted by Crippen LogP contribution is -2.14. The van der Waals surface area contributed by atoms with Crippen LogP contribution in [-0.2, 0) is 20.7 Å². The molecule has 0 aliphatic rings. The molecule has 0 radical (unpaired) electrons. The van der Waals surface area contributed by atoms with E-state index in [0.29, 0.717) is 27.6 Å². The number of halogens is 1. The van der Waals surface area contributed by atoms with E-state index in [9.17, 15) is 9.59 Å². The van der Waals surface area contributed by atoms with E-state index in [0.717, 1.165) is 5.69 Å². The molecule has 1 amide bonds. The third kappa shape index (κ3) is 5.57. The van der Waals surface area contributed by atoms with Gasteiger partial charge in [0.05, 0.1) is 24.5 Å². The summed E-state index contributed by atoms with van der Waals surface area (Å²) < 4.78 is 6.77. The quantitative estimate of drug-likeness (QED) is 0.426. The monoisotopic (exact) mass is 436 g/mol. The number of carbonyl (C=O) groups is 2. The van der Waals surface area contributed by atoms with Crippen LogP contribution in [0.4, 0.5) is 5.13 Å². The number of esters is 1. The molecule has 0 unspecified atom stereocenters. The number of amides is 1. The largest absolute Gasteiger partial charge is 0.466 e. The van der Waals surface area contributed by atoms with Gasteiger partial charge < -0.3 is 10.1 Å². The van der Waals surface area contributed by atoms with Crippen LogP contribution in [0.15, 0.2) is 47.2 Å². The number of thiazole rings is 1. The molecule has 2 aromatic heterocycles. The molecule has 0 spiro atoms. The maximum atomic E-state index is 12.2. The van der Waals surface area contributed by atoms with Gasteiger partial charge in [0.15, 0.2) is 10.3 Å². The van der Waals surface area contributed by atoms with Crippen molar-refractivity contribution < 1.29 is 14.3 Å². The highest BCUT2D eigenvalue weighted by Crippen LogP contribution is 2.22. The van der Waals surface area contributed by atoms with E-state index in [4.69, 9.17) is 16.3 Å². The molecule has 0 saturated heterocycles. The van der Waals surface area contributed by atoms with Crippen LogP contribution in [0.5, 0.6) is 0 Å². The molecule has 0 saturated carbocycles. The van der Waals surface area contributed by atoms with E-state index in [-0.39, 0.29) is 24.1 Å². The summed E-state index contributed by atoms with van der Waals surface area (Å²) in [7, 11) is 0. The summed E-state index contributed by atoms with van der Waals surface area (Å²) in [6.45, 7) is 2.08. The summed E-state index contributed by atoms with van der Waals surface area (Å²) in [5.74, 6) is -0.361. The van der Waals surface area contributed by atoms with Crippen molar-refractivity contribution in [1.82, 2.24) is 14.5 Å². The number of nitrogens with one attached hydrogen (secondary N) is 1. The Kier molecular flexibility index (Phi) is 7.07. The Labute approximate surface area is 175 Å². The van der Waals surface area contributed by atoms with Crippen LogP contribution >= 0.6 is 34.7 Å². The molecule has 0 atom stereocenters. The van der Waals surface area contributed by atoms with Gasteiger partial charge in [-0.2, -0.15) is 0 Å². The number of anilines is 1. The zero-order chi connectivity index (χ0) is 19.9. The Balaban J connectivity index is 1.54. The SMILES string of the molecule is CCOC(=O)Cc1csc(NC(=O)CSc2nccn2-c2ccc(Cl)cc2)n1. The van der Waals surface area contributed by atoms with Gasteiger partial charge in [-0.15, -0.1) is 11.3 Å². The predicted molar refractivity (Wildman–Crippen MR) is 110 cm³/mol. The second-order valence-electron chi connectivity index (χ2n) is 5.52. The summed E-state index contributed by atoms with van der Waals surface area (Å²) in [4.78, 5) is 32.2. The number of thioether (sulfide) groups is 1. The standard InChI is InChI=1S/C18H17ClN4O3S2/c1-2-26-16(25)9-13-10-27-17(21-13)22-15(24)11-28-18-20-7-8-23(18)14-5-3-12(19)4-6-14/h3-8,10H,2,9,11H2,1H3,(H,21,22,24). The van der Waals surface area contributed by atoms with E-state index >= 15 is 0 Å². The van der Waals surface area contributed by atoms with Crippen LogP contribution in [0.3, 0.4) is 0 Å². The maximum absolute atomic E-state index is 12.2. The molecule has 0 bridgehead atoms. The Morgan fingerprint density at radius 2 is 2.11 bits per heavy atom. The second kappa shape index (κ2) is 9.72. The van der Waals surface area contributed by atoms with Gasteiger partial charge in [0.1, 0.15) is 0 Å². The molecule has 28 heavy (non-hydrogen) atoms. The van der Waals surface area contributed by atoms with Crippen molar-refractivity contribution in [2.45, 2.75) is 18.5 Å². The van der Waals surface area contributed by atoms with E-state index in [2.05, 4.69) is 15.3 Å². The van der Waals surface area contributed by atoms with E-state index in [1.54, 1.807) is 30.6 Å². The van der Waals surface area contributed by atoms with Crippen LogP contribution in [0.25, 0.3) is 5.69 Å². The smallest absolute Gasteiger partial charge is 0.311 e. The fourth-order valence-electron chi connectivity index (χ4n) is 2.29. The molecular weight excluding hydrogens is 420 g/mol.